The van der Waals surface area contributed by atoms with Crippen molar-refractivity contribution in [2.45, 2.75) is 6.92 Å². The Labute approximate surface area is 174 Å². The SMILES string of the molecule is CCOC(=O)c1nn(-c2ccc(Cl)cc2Cl)c(-c2ccc(OC)cc2)c1Br. The predicted molar refractivity (Wildman–Crippen MR) is 109 cm³/mol. The van der Waals surface area contributed by atoms with Gasteiger partial charge in [-0.05, 0) is 65.3 Å². The van der Waals surface area contributed by atoms with Crippen LogP contribution in [0.1, 0.15) is 17.4 Å². The highest BCUT2D eigenvalue weighted by Gasteiger charge is 2.25. The van der Waals surface area contributed by atoms with Gasteiger partial charge >= 0.3 is 5.97 Å². The topological polar surface area (TPSA) is 53.3 Å². The van der Waals surface area contributed by atoms with E-state index in [1.165, 1.54) is 0 Å². The van der Waals surface area contributed by atoms with Gasteiger partial charge in [0.1, 0.15) is 5.75 Å². The van der Waals surface area contributed by atoms with Crippen LogP contribution in [-0.2, 0) is 4.74 Å². The summed E-state index contributed by atoms with van der Waals surface area (Å²) in [6, 6.07) is 12.5. The molecule has 3 rings (SSSR count). The second kappa shape index (κ2) is 8.33. The Morgan fingerprint density at radius 1 is 1.19 bits per heavy atom. The molecule has 0 N–H and O–H groups in total. The number of benzene rings is 2. The highest BCUT2D eigenvalue weighted by Crippen LogP contribution is 2.36. The molecule has 0 aliphatic carbocycles. The first-order valence-corrected chi connectivity index (χ1v) is 9.56. The lowest BCUT2D eigenvalue weighted by atomic mass is 10.1. The van der Waals surface area contributed by atoms with Gasteiger partial charge in [-0.25, -0.2) is 9.48 Å². The van der Waals surface area contributed by atoms with Crippen molar-refractivity contribution in [3.63, 3.8) is 0 Å². The van der Waals surface area contributed by atoms with Crippen LogP contribution >= 0.6 is 39.1 Å². The van der Waals surface area contributed by atoms with Crippen molar-refractivity contribution in [2.75, 3.05) is 13.7 Å². The predicted octanol–water partition coefficient (Wildman–Crippen LogP) is 5.79. The van der Waals surface area contributed by atoms with Crippen molar-refractivity contribution < 1.29 is 14.3 Å². The number of rotatable bonds is 5. The quantitative estimate of drug-likeness (QED) is 0.443. The van der Waals surface area contributed by atoms with Gasteiger partial charge in [-0.15, -0.1) is 0 Å². The van der Waals surface area contributed by atoms with Crippen molar-refractivity contribution in [3.8, 4) is 22.7 Å². The number of esters is 1. The second-order valence-corrected chi connectivity index (χ2v) is 7.10. The average Bonchev–Trinajstić information content (AvgIpc) is 2.99. The minimum absolute atomic E-state index is 0.161. The Kier molecular flexibility index (Phi) is 6.09. The monoisotopic (exact) mass is 468 g/mol. The van der Waals surface area contributed by atoms with Gasteiger partial charge < -0.3 is 9.47 Å². The Morgan fingerprint density at radius 2 is 1.89 bits per heavy atom. The molecule has 8 heteroatoms. The molecule has 1 heterocycles. The average molecular weight is 470 g/mol. The maximum absolute atomic E-state index is 12.3. The molecule has 0 saturated carbocycles. The molecule has 0 saturated heterocycles. The van der Waals surface area contributed by atoms with E-state index in [9.17, 15) is 4.79 Å². The fourth-order valence-corrected chi connectivity index (χ4v) is 3.68. The molecule has 2 aromatic carbocycles. The summed E-state index contributed by atoms with van der Waals surface area (Å²) >= 11 is 15.9. The molecule has 0 aliphatic rings. The van der Waals surface area contributed by atoms with Gasteiger partial charge in [-0.1, -0.05) is 23.2 Å². The molecule has 5 nitrogen and oxygen atoms in total. The smallest absolute Gasteiger partial charge is 0.360 e. The van der Waals surface area contributed by atoms with E-state index < -0.39 is 5.97 Å². The molecule has 1 aromatic heterocycles. The zero-order valence-electron chi connectivity index (χ0n) is 14.5. The molecule has 0 amide bonds. The number of carbonyl (C=O) groups is 1. The van der Waals surface area contributed by atoms with E-state index in [1.807, 2.05) is 24.3 Å². The van der Waals surface area contributed by atoms with E-state index >= 15 is 0 Å². The van der Waals surface area contributed by atoms with Crippen LogP contribution in [0.4, 0.5) is 0 Å². The lowest BCUT2D eigenvalue weighted by molar-refractivity contribution is 0.0518. The standard InChI is InChI=1S/C19H15BrCl2N2O3/c1-3-27-19(25)17-16(20)18(11-4-7-13(26-2)8-5-11)24(23-17)15-9-6-12(21)10-14(15)22/h4-10H,3H2,1-2H3. The van der Waals surface area contributed by atoms with Crippen LogP contribution in [0.15, 0.2) is 46.9 Å². The van der Waals surface area contributed by atoms with Crippen LogP contribution in [-0.4, -0.2) is 29.5 Å². The maximum Gasteiger partial charge on any atom is 0.360 e. The molecular formula is C19H15BrCl2N2O3. The largest absolute Gasteiger partial charge is 0.497 e. The molecular weight excluding hydrogens is 455 g/mol. The molecule has 0 atom stereocenters. The van der Waals surface area contributed by atoms with Gasteiger partial charge in [-0.3, -0.25) is 0 Å². The third-order valence-corrected chi connectivity index (χ3v) is 5.09. The van der Waals surface area contributed by atoms with E-state index in [1.54, 1.807) is 36.9 Å². The van der Waals surface area contributed by atoms with E-state index in [4.69, 9.17) is 32.7 Å². The summed E-state index contributed by atoms with van der Waals surface area (Å²) in [4.78, 5) is 12.3. The first-order valence-electron chi connectivity index (χ1n) is 8.01. The molecule has 0 aliphatic heterocycles. The summed E-state index contributed by atoms with van der Waals surface area (Å²) < 4.78 is 12.4. The van der Waals surface area contributed by atoms with Gasteiger partial charge in [0.05, 0.1) is 34.6 Å². The van der Waals surface area contributed by atoms with Gasteiger partial charge in [-0.2, -0.15) is 5.10 Å². The van der Waals surface area contributed by atoms with E-state index in [0.29, 0.717) is 25.9 Å². The summed E-state index contributed by atoms with van der Waals surface area (Å²) in [6.07, 6.45) is 0. The molecule has 0 radical (unpaired) electrons. The highest BCUT2D eigenvalue weighted by atomic mass is 79.9. The highest BCUT2D eigenvalue weighted by molar-refractivity contribution is 9.10. The zero-order valence-corrected chi connectivity index (χ0v) is 17.6. The Bertz CT molecular complexity index is 987. The van der Waals surface area contributed by atoms with Gasteiger partial charge in [0.25, 0.3) is 0 Å². The van der Waals surface area contributed by atoms with Crippen LogP contribution in [0.3, 0.4) is 0 Å². The Hall–Kier alpha value is -2.02. The fraction of sp³-hybridized carbons (Fsp3) is 0.158. The third kappa shape index (κ3) is 3.98. The lowest BCUT2D eigenvalue weighted by Gasteiger charge is -2.11. The summed E-state index contributed by atoms with van der Waals surface area (Å²) in [7, 11) is 1.60. The fourth-order valence-electron chi connectivity index (χ4n) is 2.55. The van der Waals surface area contributed by atoms with Crippen molar-refractivity contribution in [1.29, 1.82) is 0 Å². The van der Waals surface area contributed by atoms with E-state index in [0.717, 1.165) is 11.3 Å². The number of methoxy groups -OCH3 is 1. The first kappa shape index (κ1) is 19.7. The van der Waals surface area contributed by atoms with Crippen molar-refractivity contribution in [3.05, 3.63) is 62.7 Å². The minimum atomic E-state index is -0.525. The molecule has 0 bridgehead atoms. The maximum atomic E-state index is 12.3. The molecule has 27 heavy (non-hydrogen) atoms. The lowest BCUT2D eigenvalue weighted by Crippen LogP contribution is -2.07. The Balaban J connectivity index is 2.23. The number of hydrogen-bond acceptors (Lipinski definition) is 4. The summed E-state index contributed by atoms with van der Waals surface area (Å²) in [5.41, 5.74) is 2.22. The summed E-state index contributed by atoms with van der Waals surface area (Å²) in [5, 5.41) is 5.36. The normalized spacial score (nSPS) is 10.7. The molecule has 0 spiro atoms. The molecule has 140 valence electrons. The minimum Gasteiger partial charge on any atom is -0.497 e. The Morgan fingerprint density at radius 3 is 2.48 bits per heavy atom. The molecule has 3 aromatic rings. The number of hydrogen-bond donors (Lipinski definition) is 0. The van der Waals surface area contributed by atoms with Crippen LogP contribution in [0.5, 0.6) is 5.75 Å². The zero-order chi connectivity index (χ0) is 19.6. The molecule has 0 unspecified atom stereocenters. The third-order valence-electron chi connectivity index (χ3n) is 3.80. The summed E-state index contributed by atoms with van der Waals surface area (Å²) in [5.74, 6) is 0.194. The second-order valence-electron chi connectivity index (χ2n) is 5.47. The number of aromatic nitrogens is 2. The first-order chi connectivity index (χ1) is 13.0. The number of halogens is 3. The van der Waals surface area contributed by atoms with Crippen LogP contribution in [0.2, 0.25) is 10.0 Å². The van der Waals surface area contributed by atoms with Gasteiger partial charge in [0.2, 0.25) is 0 Å². The van der Waals surface area contributed by atoms with Crippen molar-refractivity contribution in [2.24, 2.45) is 0 Å². The van der Waals surface area contributed by atoms with Crippen LogP contribution in [0, 0.1) is 0 Å². The van der Waals surface area contributed by atoms with Crippen molar-refractivity contribution in [1.82, 2.24) is 9.78 Å². The van der Waals surface area contributed by atoms with E-state index in [2.05, 4.69) is 21.0 Å². The number of ether oxygens (including phenoxy) is 2. The number of carbonyl (C=O) groups excluding carboxylic acids is 1. The van der Waals surface area contributed by atoms with Crippen molar-refractivity contribution >= 4 is 45.1 Å². The van der Waals surface area contributed by atoms with Crippen LogP contribution < -0.4 is 4.74 Å². The van der Waals surface area contributed by atoms with Crippen LogP contribution in [0.25, 0.3) is 16.9 Å². The number of nitrogens with zero attached hydrogens (tertiary/aromatic N) is 2. The summed E-state index contributed by atoms with van der Waals surface area (Å²) in [6.45, 7) is 1.99. The van der Waals surface area contributed by atoms with E-state index in [-0.39, 0.29) is 12.3 Å². The van der Waals surface area contributed by atoms with Gasteiger partial charge in [0, 0.05) is 10.6 Å². The molecule has 0 fully saturated rings. The van der Waals surface area contributed by atoms with Gasteiger partial charge in [0.15, 0.2) is 5.69 Å².